The molecule has 0 heterocycles. The van der Waals surface area contributed by atoms with Gasteiger partial charge in [-0.25, -0.2) is 4.79 Å². The number of aldehydes is 1. The van der Waals surface area contributed by atoms with Crippen LogP contribution < -0.4 is 9.80 Å². The van der Waals surface area contributed by atoms with Gasteiger partial charge >= 0.3 is 5.97 Å². The summed E-state index contributed by atoms with van der Waals surface area (Å²) < 4.78 is 4.77. The molecule has 0 atom stereocenters. The predicted molar refractivity (Wildman–Crippen MR) is 131 cm³/mol. The lowest BCUT2D eigenvalue weighted by Crippen LogP contribution is -2.07. The number of esters is 1. The second-order valence-electron chi connectivity index (χ2n) is 6.94. The van der Waals surface area contributed by atoms with Crippen LogP contribution in [0, 0.1) is 0 Å². The Hall–Kier alpha value is -3.60. The van der Waals surface area contributed by atoms with Gasteiger partial charge in [-0.3, -0.25) is 4.79 Å². The molecule has 0 fully saturated rings. The maximum absolute atomic E-state index is 11.0. The standard InChI is InChI=1S/C15H19NO2.C11H13NO/c1-4-18-15(17)8-6-5-7-13-9-11-14(12-10-13)16(2)3;1-12(2)11-7-5-10(6-8-11)4-3-9-13/h5-12H,4H2,1-3H3;3-9H,1-2H3/b7-5+,8-6+;4-3+. The molecular weight excluding hydrogens is 388 g/mol. The van der Waals surface area contributed by atoms with E-state index in [-0.39, 0.29) is 5.97 Å². The molecule has 0 radical (unpaired) electrons. The second kappa shape index (κ2) is 14.4. The quantitative estimate of drug-likeness (QED) is 0.264. The van der Waals surface area contributed by atoms with Crippen LogP contribution in [0.5, 0.6) is 0 Å². The summed E-state index contributed by atoms with van der Waals surface area (Å²) >= 11 is 0. The summed E-state index contributed by atoms with van der Waals surface area (Å²) in [5, 5.41) is 0. The summed E-state index contributed by atoms with van der Waals surface area (Å²) in [5.74, 6) is -0.315. The zero-order valence-electron chi connectivity index (χ0n) is 19.0. The third kappa shape index (κ3) is 10.7. The van der Waals surface area contributed by atoms with Crippen molar-refractivity contribution in [2.75, 3.05) is 44.6 Å². The third-order valence-corrected chi connectivity index (χ3v) is 4.10. The molecule has 5 nitrogen and oxygen atoms in total. The Kier molecular flexibility index (Phi) is 11.8. The number of carbonyl (C=O) groups is 2. The van der Waals surface area contributed by atoms with Crippen molar-refractivity contribution in [3.05, 3.63) is 84.0 Å². The van der Waals surface area contributed by atoms with E-state index in [1.165, 1.54) is 12.2 Å². The van der Waals surface area contributed by atoms with Gasteiger partial charge in [-0.1, -0.05) is 48.6 Å². The monoisotopic (exact) mass is 420 g/mol. The van der Waals surface area contributed by atoms with E-state index in [0.29, 0.717) is 6.61 Å². The Morgan fingerprint density at radius 3 is 1.61 bits per heavy atom. The fraction of sp³-hybridized carbons (Fsp3) is 0.231. The van der Waals surface area contributed by atoms with Crippen molar-refractivity contribution in [1.82, 2.24) is 0 Å². The van der Waals surface area contributed by atoms with E-state index in [1.54, 1.807) is 19.1 Å². The molecule has 31 heavy (non-hydrogen) atoms. The van der Waals surface area contributed by atoms with Gasteiger partial charge in [0.25, 0.3) is 0 Å². The molecule has 0 aliphatic carbocycles. The Balaban J connectivity index is 0.000000327. The van der Waals surface area contributed by atoms with Gasteiger partial charge in [0.15, 0.2) is 0 Å². The Labute approximate surface area is 185 Å². The van der Waals surface area contributed by atoms with E-state index in [0.717, 1.165) is 28.8 Å². The van der Waals surface area contributed by atoms with Gasteiger partial charge in [0.05, 0.1) is 6.61 Å². The summed E-state index contributed by atoms with van der Waals surface area (Å²) in [6.07, 6.45) is 10.9. The smallest absolute Gasteiger partial charge is 0.330 e. The highest BCUT2D eigenvalue weighted by molar-refractivity contribution is 5.82. The summed E-state index contributed by atoms with van der Waals surface area (Å²) in [5.41, 5.74) is 4.45. The average molecular weight is 421 g/mol. The largest absolute Gasteiger partial charge is 0.463 e. The van der Waals surface area contributed by atoms with Crippen molar-refractivity contribution < 1.29 is 14.3 Å². The highest BCUT2D eigenvalue weighted by atomic mass is 16.5. The molecule has 0 aliphatic heterocycles. The van der Waals surface area contributed by atoms with Gasteiger partial charge < -0.3 is 14.5 Å². The van der Waals surface area contributed by atoms with E-state index >= 15 is 0 Å². The minimum absolute atomic E-state index is 0.315. The van der Waals surface area contributed by atoms with E-state index in [1.807, 2.05) is 86.5 Å². The lowest BCUT2D eigenvalue weighted by Gasteiger charge is -2.11. The first-order chi connectivity index (χ1) is 14.9. The van der Waals surface area contributed by atoms with E-state index in [2.05, 4.69) is 12.1 Å². The number of benzene rings is 2. The molecule has 164 valence electrons. The summed E-state index contributed by atoms with van der Waals surface area (Å²) in [4.78, 5) is 25.2. The van der Waals surface area contributed by atoms with Gasteiger partial charge in [-0.15, -0.1) is 0 Å². The maximum atomic E-state index is 11.0. The van der Waals surface area contributed by atoms with Crippen LogP contribution in [0.25, 0.3) is 12.2 Å². The fourth-order valence-electron chi connectivity index (χ4n) is 2.41. The van der Waals surface area contributed by atoms with Crippen molar-refractivity contribution in [3.8, 4) is 0 Å². The SMILES string of the molecule is CCOC(=O)/C=C/C=C/c1ccc(N(C)C)cc1.CN(C)c1ccc(/C=C/C=O)cc1. The normalized spacial score (nSPS) is 10.7. The molecule has 0 amide bonds. The third-order valence-electron chi connectivity index (χ3n) is 4.10. The molecule has 2 aromatic carbocycles. The topological polar surface area (TPSA) is 49.9 Å². The second-order valence-corrected chi connectivity index (χ2v) is 6.94. The molecule has 0 saturated carbocycles. The molecule has 0 aliphatic rings. The van der Waals surface area contributed by atoms with E-state index in [4.69, 9.17) is 4.74 Å². The van der Waals surface area contributed by atoms with Crippen molar-refractivity contribution >= 4 is 35.8 Å². The first-order valence-electron chi connectivity index (χ1n) is 10.1. The molecule has 0 bridgehead atoms. The summed E-state index contributed by atoms with van der Waals surface area (Å²) in [6, 6.07) is 16.2. The fourth-order valence-corrected chi connectivity index (χ4v) is 2.41. The Bertz CT molecular complexity index is 878. The van der Waals surface area contributed by atoms with Crippen LogP contribution in [0.2, 0.25) is 0 Å². The van der Waals surface area contributed by atoms with Crippen LogP contribution in [0.3, 0.4) is 0 Å². The number of anilines is 2. The first kappa shape index (κ1) is 25.4. The molecule has 0 saturated heterocycles. The Morgan fingerprint density at radius 2 is 1.23 bits per heavy atom. The molecule has 0 spiro atoms. The van der Waals surface area contributed by atoms with Crippen molar-refractivity contribution in [2.24, 2.45) is 0 Å². The van der Waals surface area contributed by atoms with Gasteiger partial charge in [0, 0.05) is 45.6 Å². The zero-order chi connectivity index (χ0) is 23.1. The van der Waals surface area contributed by atoms with Crippen LogP contribution in [-0.2, 0) is 14.3 Å². The minimum Gasteiger partial charge on any atom is -0.463 e. The van der Waals surface area contributed by atoms with Crippen LogP contribution in [-0.4, -0.2) is 47.1 Å². The molecule has 0 aromatic heterocycles. The van der Waals surface area contributed by atoms with Gasteiger partial charge in [0.1, 0.15) is 6.29 Å². The number of carbonyl (C=O) groups excluding carboxylic acids is 2. The van der Waals surface area contributed by atoms with Crippen molar-refractivity contribution in [3.63, 3.8) is 0 Å². The number of hydrogen-bond donors (Lipinski definition) is 0. The zero-order valence-corrected chi connectivity index (χ0v) is 19.0. The lowest BCUT2D eigenvalue weighted by atomic mass is 10.2. The summed E-state index contributed by atoms with van der Waals surface area (Å²) in [7, 11) is 8.01. The number of nitrogens with zero attached hydrogens (tertiary/aromatic N) is 2. The number of ether oxygens (including phenoxy) is 1. The van der Waals surface area contributed by atoms with E-state index < -0.39 is 0 Å². The number of rotatable bonds is 8. The molecule has 5 heteroatoms. The molecule has 2 rings (SSSR count). The summed E-state index contributed by atoms with van der Waals surface area (Å²) in [6.45, 7) is 2.19. The average Bonchev–Trinajstić information content (AvgIpc) is 2.76. The van der Waals surface area contributed by atoms with Crippen molar-refractivity contribution in [1.29, 1.82) is 0 Å². The minimum atomic E-state index is -0.315. The highest BCUT2D eigenvalue weighted by Gasteiger charge is 1.94. The van der Waals surface area contributed by atoms with Crippen LogP contribution in [0.15, 0.2) is 72.8 Å². The van der Waals surface area contributed by atoms with Crippen LogP contribution >= 0.6 is 0 Å². The Morgan fingerprint density at radius 1 is 0.774 bits per heavy atom. The van der Waals surface area contributed by atoms with Crippen LogP contribution in [0.4, 0.5) is 11.4 Å². The molecule has 0 N–H and O–H groups in total. The first-order valence-corrected chi connectivity index (χ1v) is 10.1. The van der Waals surface area contributed by atoms with E-state index in [9.17, 15) is 9.59 Å². The van der Waals surface area contributed by atoms with Crippen molar-refractivity contribution in [2.45, 2.75) is 6.92 Å². The number of hydrogen-bond acceptors (Lipinski definition) is 5. The van der Waals surface area contributed by atoms with Gasteiger partial charge in [-0.2, -0.15) is 0 Å². The van der Waals surface area contributed by atoms with Crippen LogP contribution in [0.1, 0.15) is 18.1 Å². The maximum Gasteiger partial charge on any atom is 0.330 e. The van der Waals surface area contributed by atoms with Gasteiger partial charge in [0.2, 0.25) is 0 Å². The molecule has 2 aromatic rings. The number of allylic oxidation sites excluding steroid dienone is 3. The molecule has 0 unspecified atom stereocenters. The lowest BCUT2D eigenvalue weighted by molar-refractivity contribution is -0.137. The highest BCUT2D eigenvalue weighted by Crippen LogP contribution is 2.13. The predicted octanol–water partition coefficient (Wildman–Crippen LogP) is 4.85. The van der Waals surface area contributed by atoms with Gasteiger partial charge in [-0.05, 0) is 48.4 Å². The molecular formula is C26H32N2O3.